The number of carbonyl (C=O) groups excluding carboxylic acids is 2. The van der Waals surface area contributed by atoms with Crippen LogP contribution in [0.25, 0.3) is 11.1 Å². The van der Waals surface area contributed by atoms with Crippen LogP contribution in [0, 0.1) is 24.1 Å². The minimum absolute atomic E-state index is 0.00175. The highest BCUT2D eigenvalue weighted by atomic mass is 19.1. The van der Waals surface area contributed by atoms with Crippen LogP contribution in [0.5, 0.6) is 0 Å². The lowest BCUT2D eigenvalue weighted by molar-refractivity contribution is -0.154. The number of rotatable bonds is 11. The number of benzene rings is 2. The topological polar surface area (TPSA) is 101 Å². The van der Waals surface area contributed by atoms with Crippen molar-refractivity contribution < 1.29 is 33.7 Å². The zero-order chi connectivity index (χ0) is 23.9. The quantitative estimate of drug-likeness (QED) is 0.402. The fourth-order valence-electron chi connectivity index (χ4n) is 3.64. The predicted molar refractivity (Wildman–Crippen MR) is 117 cm³/mol. The molecule has 0 aromatic heterocycles. The van der Waals surface area contributed by atoms with Gasteiger partial charge in [-0.05, 0) is 62.8 Å². The van der Waals surface area contributed by atoms with Crippen LogP contribution in [0.15, 0.2) is 42.5 Å². The van der Waals surface area contributed by atoms with Crippen molar-refractivity contribution in [1.82, 2.24) is 0 Å². The predicted octanol–water partition coefficient (Wildman–Crippen LogP) is 3.96. The number of carbonyl (C=O) groups is 3. The molecule has 6 nitrogen and oxygen atoms in total. The van der Waals surface area contributed by atoms with Gasteiger partial charge in [0.1, 0.15) is 5.82 Å². The molecule has 0 spiro atoms. The van der Waals surface area contributed by atoms with E-state index in [1.54, 1.807) is 43.3 Å². The zero-order valence-electron chi connectivity index (χ0n) is 18.6. The van der Waals surface area contributed by atoms with Crippen molar-refractivity contribution in [2.75, 3.05) is 13.2 Å². The van der Waals surface area contributed by atoms with Gasteiger partial charge in [0.2, 0.25) is 5.78 Å². The molecule has 7 heteroatoms. The highest BCUT2D eigenvalue weighted by molar-refractivity contribution is 6.33. The van der Waals surface area contributed by atoms with Gasteiger partial charge < -0.3 is 14.9 Å². The van der Waals surface area contributed by atoms with Gasteiger partial charge >= 0.3 is 11.9 Å². The molecule has 2 aromatic rings. The number of esters is 1. The summed E-state index contributed by atoms with van der Waals surface area (Å²) in [6.07, 6.45) is 0.110. The van der Waals surface area contributed by atoms with Gasteiger partial charge in [-0.2, -0.15) is 0 Å². The van der Waals surface area contributed by atoms with Gasteiger partial charge in [-0.15, -0.1) is 0 Å². The maximum atomic E-state index is 14.2. The molecule has 0 saturated carbocycles. The van der Waals surface area contributed by atoms with E-state index in [0.717, 1.165) is 11.1 Å². The van der Waals surface area contributed by atoms with Gasteiger partial charge in [0.15, 0.2) is 0 Å². The SMILES string of the molecule is CCOC(=O)C(=O)C[C@H](Cc1ccc(-c2cc(C)ccc2F)cc1)C[C@@](C)(CO)C(=O)O. The lowest BCUT2D eigenvalue weighted by atomic mass is 9.77. The summed E-state index contributed by atoms with van der Waals surface area (Å²) in [5.41, 5.74) is 1.45. The standard InChI is InChI=1S/C25H29FO6/c1-4-32-23(29)22(28)13-18(14-25(3,15-27)24(30)31)12-17-6-8-19(9-7-17)20-11-16(2)5-10-21(20)26/h5-11,18,27H,4,12-15H2,1-3H3,(H,30,31)/t18-,25-/m0/s1. The molecule has 0 aliphatic carbocycles. The molecule has 2 rings (SSSR count). The maximum Gasteiger partial charge on any atom is 0.374 e. The number of aliphatic hydroxyl groups is 1. The number of aryl methyl sites for hydroxylation is 1. The van der Waals surface area contributed by atoms with Crippen molar-refractivity contribution in [3.05, 3.63) is 59.4 Å². The summed E-state index contributed by atoms with van der Waals surface area (Å²) in [7, 11) is 0. The molecule has 0 bridgehead atoms. The van der Waals surface area contributed by atoms with Crippen molar-refractivity contribution in [1.29, 1.82) is 0 Å². The number of ether oxygens (including phenoxy) is 1. The molecule has 0 radical (unpaired) electrons. The molecular formula is C25H29FO6. The van der Waals surface area contributed by atoms with Crippen LogP contribution in [0.4, 0.5) is 4.39 Å². The Bertz CT molecular complexity index is 969. The first-order chi connectivity index (χ1) is 15.1. The van der Waals surface area contributed by atoms with Crippen LogP contribution >= 0.6 is 0 Å². The average molecular weight is 444 g/mol. The number of hydrogen-bond acceptors (Lipinski definition) is 5. The van der Waals surface area contributed by atoms with Gasteiger partial charge in [-0.25, -0.2) is 9.18 Å². The monoisotopic (exact) mass is 444 g/mol. The highest BCUT2D eigenvalue weighted by Crippen LogP contribution is 2.31. The maximum absolute atomic E-state index is 14.2. The van der Waals surface area contributed by atoms with E-state index in [1.165, 1.54) is 13.0 Å². The Morgan fingerprint density at radius 3 is 2.34 bits per heavy atom. The number of Topliss-reactive ketones (excluding diaryl/α,β-unsaturated/α-hetero) is 1. The van der Waals surface area contributed by atoms with Gasteiger partial charge in [-0.1, -0.05) is 35.9 Å². The molecule has 0 aliphatic rings. The summed E-state index contributed by atoms with van der Waals surface area (Å²) in [6, 6.07) is 12.0. The second kappa shape index (κ2) is 11.0. The minimum atomic E-state index is -1.45. The Kier molecular flexibility index (Phi) is 8.66. The third-order valence-corrected chi connectivity index (χ3v) is 5.49. The van der Waals surface area contributed by atoms with Crippen LogP contribution in [0.3, 0.4) is 0 Å². The number of aliphatic carboxylic acids is 1. The first-order valence-corrected chi connectivity index (χ1v) is 10.5. The Hall–Kier alpha value is -3.06. The Morgan fingerprint density at radius 1 is 1.12 bits per heavy atom. The number of hydrogen-bond donors (Lipinski definition) is 2. The van der Waals surface area contributed by atoms with Gasteiger partial charge in [0.25, 0.3) is 0 Å². The van der Waals surface area contributed by atoms with Crippen LogP contribution < -0.4 is 0 Å². The number of aliphatic hydroxyl groups excluding tert-OH is 1. The second-order valence-electron chi connectivity index (χ2n) is 8.33. The lowest BCUT2D eigenvalue weighted by Crippen LogP contribution is -2.35. The molecule has 0 unspecified atom stereocenters. The average Bonchev–Trinajstić information content (AvgIpc) is 2.75. The van der Waals surface area contributed by atoms with E-state index in [2.05, 4.69) is 0 Å². The van der Waals surface area contributed by atoms with Gasteiger partial charge in [0, 0.05) is 12.0 Å². The summed E-state index contributed by atoms with van der Waals surface area (Å²) in [5, 5.41) is 19.1. The van der Waals surface area contributed by atoms with Gasteiger partial charge in [0.05, 0.1) is 18.6 Å². The first-order valence-electron chi connectivity index (χ1n) is 10.5. The van der Waals surface area contributed by atoms with Crippen molar-refractivity contribution in [3.8, 4) is 11.1 Å². The van der Waals surface area contributed by atoms with Crippen LogP contribution in [0.2, 0.25) is 0 Å². The fourth-order valence-corrected chi connectivity index (χ4v) is 3.64. The molecule has 0 saturated heterocycles. The summed E-state index contributed by atoms with van der Waals surface area (Å²) in [6.45, 7) is 4.34. The normalized spacial score (nSPS) is 13.8. The number of carboxylic acid groups (broad SMARTS) is 1. The van der Waals surface area contributed by atoms with Crippen molar-refractivity contribution in [2.24, 2.45) is 11.3 Å². The summed E-state index contributed by atoms with van der Waals surface area (Å²) < 4.78 is 18.9. The molecular weight excluding hydrogens is 415 g/mol. The molecule has 32 heavy (non-hydrogen) atoms. The molecule has 172 valence electrons. The Balaban J connectivity index is 2.25. The highest BCUT2D eigenvalue weighted by Gasteiger charge is 2.36. The second-order valence-corrected chi connectivity index (χ2v) is 8.33. The molecule has 2 N–H and O–H groups in total. The smallest absolute Gasteiger partial charge is 0.374 e. The molecule has 0 aliphatic heterocycles. The summed E-state index contributed by atoms with van der Waals surface area (Å²) >= 11 is 0. The zero-order valence-corrected chi connectivity index (χ0v) is 18.6. The van der Waals surface area contributed by atoms with Crippen LogP contribution in [0.1, 0.15) is 37.8 Å². The number of ketones is 1. The third-order valence-electron chi connectivity index (χ3n) is 5.49. The molecule has 0 fully saturated rings. The van der Waals surface area contributed by atoms with Crippen LogP contribution in [-0.2, 0) is 25.5 Å². The Labute approximate surface area is 187 Å². The van der Waals surface area contributed by atoms with E-state index in [0.29, 0.717) is 17.5 Å². The molecule has 2 aromatic carbocycles. The summed E-state index contributed by atoms with van der Waals surface area (Å²) in [5.74, 6) is -3.72. The van der Waals surface area contributed by atoms with E-state index < -0.39 is 35.7 Å². The van der Waals surface area contributed by atoms with E-state index in [1.807, 2.05) is 6.92 Å². The molecule has 2 atom stereocenters. The van der Waals surface area contributed by atoms with Gasteiger partial charge in [-0.3, -0.25) is 9.59 Å². The molecule has 0 amide bonds. The summed E-state index contributed by atoms with van der Waals surface area (Å²) in [4.78, 5) is 35.7. The number of carboxylic acids is 1. The van der Waals surface area contributed by atoms with Crippen molar-refractivity contribution in [2.45, 2.75) is 40.0 Å². The van der Waals surface area contributed by atoms with E-state index in [4.69, 9.17) is 4.74 Å². The first kappa shape index (κ1) is 25.2. The molecule has 0 heterocycles. The fraction of sp³-hybridized carbons (Fsp3) is 0.400. The van der Waals surface area contributed by atoms with E-state index >= 15 is 0 Å². The van der Waals surface area contributed by atoms with Crippen molar-refractivity contribution >= 4 is 17.7 Å². The third kappa shape index (κ3) is 6.47. The van der Waals surface area contributed by atoms with E-state index in [-0.39, 0.29) is 25.3 Å². The Morgan fingerprint density at radius 2 is 1.78 bits per heavy atom. The van der Waals surface area contributed by atoms with Crippen molar-refractivity contribution in [3.63, 3.8) is 0 Å². The largest absolute Gasteiger partial charge is 0.481 e. The van der Waals surface area contributed by atoms with E-state index in [9.17, 15) is 29.0 Å². The minimum Gasteiger partial charge on any atom is -0.481 e. The lowest BCUT2D eigenvalue weighted by Gasteiger charge is -2.27. The number of halogens is 1. The van der Waals surface area contributed by atoms with Crippen LogP contribution in [-0.4, -0.2) is 41.1 Å².